The summed E-state index contributed by atoms with van der Waals surface area (Å²) in [5.41, 5.74) is 2.78. The number of aliphatic imine (C=N–C) groups is 1. The molecule has 0 saturated carbocycles. The Morgan fingerprint density at radius 3 is 2.46 bits per heavy atom. The molecule has 0 radical (unpaired) electrons. The Kier molecular flexibility index (Phi) is 8.14. The first-order valence-electron chi connectivity index (χ1n) is 9.07. The lowest BCUT2D eigenvalue weighted by Gasteiger charge is -2.13. The Morgan fingerprint density at radius 1 is 1.00 bits per heavy atom. The number of hydrogen-bond acceptors (Lipinski definition) is 4. The summed E-state index contributed by atoms with van der Waals surface area (Å²) in [5, 5.41) is 9.18. The van der Waals surface area contributed by atoms with Crippen molar-refractivity contribution in [3.63, 3.8) is 0 Å². The number of carbonyl (C=O) groups is 1. The molecule has 3 N–H and O–H groups in total. The van der Waals surface area contributed by atoms with Crippen molar-refractivity contribution >= 4 is 11.9 Å². The highest BCUT2D eigenvalue weighted by molar-refractivity contribution is 5.94. The van der Waals surface area contributed by atoms with Gasteiger partial charge in [-0.25, -0.2) is 0 Å². The van der Waals surface area contributed by atoms with E-state index in [9.17, 15) is 4.79 Å². The van der Waals surface area contributed by atoms with Crippen LogP contribution < -0.4 is 25.4 Å². The number of nitrogens with zero attached hydrogens (tertiary/aromatic N) is 1. The summed E-state index contributed by atoms with van der Waals surface area (Å²) in [5.74, 6) is 2.04. The molecule has 28 heavy (non-hydrogen) atoms. The number of ether oxygens (including phenoxy) is 2. The van der Waals surface area contributed by atoms with Crippen molar-refractivity contribution in [2.75, 3.05) is 34.9 Å². The standard InChI is InChI=1S/C21H28N4O3/c1-22-20(26)17-7-5-6-16(12-17)14-25-21(23-2)24-11-10-15-8-9-18(27-3)19(13-15)28-4/h5-9,12-13H,10-11,14H2,1-4H3,(H,22,26)(H2,23,24,25). The maximum absolute atomic E-state index is 11.7. The summed E-state index contributed by atoms with van der Waals surface area (Å²) >= 11 is 0. The third kappa shape index (κ3) is 5.90. The van der Waals surface area contributed by atoms with Crippen LogP contribution in [0.4, 0.5) is 0 Å². The number of methoxy groups -OCH3 is 2. The Morgan fingerprint density at radius 2 is 1.79 bits per heavy atom. The molecule has 0 bridgehead atoms. The average molecular weight is 384 g/mol. The van der Waals surface area contributed by atoms with Gasteiger partial charge in [-0.1, -0.05) is 18.2 Å². The molecular formula is C21H28N4O3. The van der Waals surface area contributed by atoms with Crippen LogP contribution in [0.15, 0.2) is 47.5 Å². The first-order valence-corrected chi connectivity index (χ1v) is 9.07. The van der Waals surface area contributed by atoms with Gasteiger partial charge in [0.2, 0.25) is 0 Å². The number of rotatable bonds is 8. The van der Waals surface area contributed by atoms with Crippen LogP contribution in [-0.2, 0) is 13.0 Å². The summed E-state index contributed by atoms with van der Waals surface area (Å²) in [7, 11) is 6.61. The minimum atomic E-state index is -0.0979. The average Bonchev–Trinajstić information content (AvgIpc) is 2.75. The van der Waals surface area contributed by atoms with Gasteiger partial charge in [0.25, 0.3) is 5.91 Å². The van der Waals surface area contributed by atoms with Gasteiger partial charge in [-0.3, -0.25) is 9.79 Å². The van der Waals surface area contributed by atoms with E-state index < -0.39 is 0 Å². The van der Waals surface area contributed by atoms with E-state index in [2.05, 4.69) is 20.9 Å². The van der Waals surface area contributed by atoms with Crippen LogP contribution in [-0.4, -0.2) is 46.7 Å². The van der Waals surface area contributed by atoms with Crippen molar-refractivity contribution in [2.24, 2.45) is 4.99 Å². The fourth-order valence-corrected chi connectivity index (χ4v) is 2.73. The first-order chi connectivity index (χ1) is 13.6. The van der Waals surface area contributed by atoms with E-state index >= 15 is 0 Å². The molecule has 2 aromatic rings. The minimum Gasteiger partial charge on any atom is -0.493 e. The summed E-state index contributed by atoms with van der Waals surface area (Å²) in [4.78, 5) is 16.0. The van der Waals surface area contributed by atoms with Gasteiger partial charge in [-0.15, -0.1) is 0 Å². The zero-order valence-corrected chi connectivity index (χ0v) is 16.8. The number of nitrogens with one attached hydrogen (secondary N) is 3. The van der Waals surface area contributed by atoms with E-state index in [-0.39, 0.29) is 5.91 Å². The fourth-order valence-electron chi connectivity index (χ4n) is 2.73. The summed E-state index contributed by atoms with van der Waals surface area (Å²) < 4.78 is 10.6. The smallest absolute Gasteiger partial charge is 0.251 e. The van der Waals surface area contributed by atoms with Gasteiger partial charge in [0.05, 0.1) is 14.2 Å². The molecule has 0 aliphatic rings. The lowest BCUT2D eigenvalue weighted by Crippen LogP contribution is -2.37. The number of hydrogen-bond donors (Lipinski definition) is 3. The van der Waals surface area contributed by atoms with Crippen LogP contribution in [0.5, 0.6) is 11.5 Å². The topological polar surface area (TPSA) is 84.0 Å². The van der Waals surface area contributed by atoms with E-state index in [0.29, 0.717) is 24.6 Å². The molecule has 0 saturated heterocycles. The van der Waals surface area contributed by atoms with Crippen LogP contribution in [0, 0.1) is 0 Å². The maximum atomic E-state index is 11.7. The van der Waals surface area contributed by atoms with Crippen LogP contribution in [0.25, 0.3) is 0 Å². The van der Waals surface area contributed by atoms with Crippen molar-refractivity contribution < 1.29 is 14.3 Å². The number of benzene rings is 2. The molecule has 0 unspecified atom stereocenters. The van der Waals surface area contributed by atoms with E-state index in [1.807, 2.05) is 36.4 Å². The third-order valence-corrected chi connectivity index (χ3v) is 4.25. The highest BCUT2D eigenvalue weighted by Gasteiger charge is 2.06. The largest absolute Gasteiger partial charge is 0.493 e. The predicted molar refractivity (Wildman–Crippen MR) is 111 cm³/mol. The van der Waals surface area contributed by atoms with Crippen molar-refractivity contribution in [3.05, 3.63) is 59.2 Å². The van der Waals surface area contributed by atoms with Gasteiger partial charge in [0.1, 0.15) is 0 Å². The monoisotopic (exact) mass is 384 g/mol. The predicted octanol–water partition coefficient (Wildman–Crippen LogP) is 1.97. The Hall–Kier alpha value is -3.22. The fraction of sp³-hybridized carbons (Fsp3) is 0.333. The molecule has 2 rings (SSSR count). The zero-order chi connectivity index (χ0) is 20.4. The van der Waals surface area contributed by atoms with E-state index in [4.69, 9.17) is 9.47 Å². The van der Waals surface area contributed by atoms with Gasteiger partial charge in [0.15, 0.2) is 17.5 Å². The molecule has 150 valence electrons. The lowest BCUT2D eigenvalue weighted by molar-refractivity contribution is 0.0963. The second-order valence-electron chi connectivity index (χ2n) is 6.07. The molecule has 2 aromatic carbocycles. The van der Waals surface area contributed by atoms with Crippen LogP contribution in [0.1, 0.15) is 21.5 Å². The Bertz CT molecular complexity index is 821. The molecule has 0 aliphatic carbocycles. The van der Waals surface area contributed by atoms with Crippen LogP contribution >= 0.6 is 0 Å². The quantitative estimate of drug-likeness (QED) is 0.479. The number of guanidine groups is 1. The van der Waals surface area contributed by atoms with E-state index in [1.165, 1.54) is 0 Å². The molecule has 0 heterocycles. The molecular weight excluding hydrogens is 356 g/mol. The van der Waals surface area contributed by atoms with Crippen LogP contribution in [0.2, 0.25) is 0 Å². The molecule has 0 aliphatic heterocycles. The van der Waals surface area contributed by atoms with Gasteiger partial charge in [-0.05, 0) is 41.8 Å². The van der Waals surface area contributed by atoms with Crippen molar-refractivity contribution in [1.82, 2.24) is 16.0 Å². The highest BCUT2D eigenvalue weighted by atomic mass is 16.5. The summed E-state index contributed by atoms with van der Waals surface area (Å²) in [6.45, 7) is 1.29. The molecule has 7 nitrogen and oxygen atoms in total. The maximum Gasteiger partial charge on any atom is 0.251 e. The minimum absolute atomic E-state index is 0.0979. The number of carbonyl (C=O) groups excluding carboxylic acids is 1. The highest BCUT2D eigenvalue weighted by Crippen LogP contribution is 2.27. The first kappa shape index (κ1) is 21.1. The van der Waals surface area contributed by atoms with Gasteiger partial charge in [0, 0.05) is 32.7 Å². The molecule has 0 spiro atoms. The molecule has 1 amide bonds. The molecule has 0 atom stereocenters. The van der Waals surface area contributed by atoms with E-state index in [1.54, 1.807) is 34.4 Å². The normalized spacial score (nSPS) is 10.9. The third-order valence-electron chi connectivity index (χ3n) is 4.25. The van der Waals surface area contributed by atoms with Crippen molar-refractivity contribution in [3.8, 4) is 11.5 Å². The van der Waals surface area contributed by atoms with Gasteiger partial charge < -0.3 is 25.4 Å². The van der Waals surface area contributed by atoms with Crippen molar-refractivity contribution in [1.29, 1.82) is 0 Å². The van der Waals surface area contributed by atoms with Gasteiger partial charge in [-0.2, -0.15) is 0 Å². The molecule has 0 aromatic heterocycles. The molecule has 7 heteroatoms. The lowest BCUT2D eigenvalue weighted by atomic mass is 10.1. The summed E-state index contributed by atoms with van der Waals surface area (Å²) in [6.07, 6.45) is 0.813. The molecule has 0 fully saturated rings. The second kappa shape index (κ2) is 10.8. The Balaban J connectivity index is 1.86. The van der Waals surface area contributed by atoms with Crippen LogP contribution in [0.3, 0.4) is 0 Å². The number of amides is 1. The Labute approximate surface area is 166 Å². The van der Waals surface area contributed by atoms with Gasteiger partial charge >= 0.3 is 0 Å². The van der Waals surface area contributed by atoms with Crippen molar-refractivity contribution in [2.45, 2.75) is 13.0 Å². The second-order valence-corrected chi connectivity index (χ2v) is 6.07. The zero-order valence-electron chi connectivity index (χ0n) is 16.8. The SMILES string of the molecule is CN=C(NCCc1ccc(OC)c(OC)c1)NCc1cccc(C(=O)NC)c1. The summed E-state index contributed by atoms with van der Waals surface area (Å²) in [6, 6.07) is 13.4. The van der Waals surface area contributed by atoms with E-state index in [0.717, 1.165) is 29.0 Å².